The third-order valence-electron chi connectivity index (χ3n) is 4.95. The summed E-state index contributed by atoms with van der Waals surface area (Å²) in [4.78, 5) is 30.1. The van der Waals surface area contributed by atoms with Gasteiger partial charge in [0.15, 0.2) is 5.82 Å². The minimum Gasteiger partial charge on any atom is -0.340 e. The molecule has 3 aromatic carbocycles. The number of carbonyl (C=O) groups is 2. The Kier molecular flexibility index (Phi) is 6.36. The van der Waals surface area contributed by atoms with Crippen LogP contribution in [0.5, 0.6) is 0 Å². The number of aryl methyl sites for hydroxylation is 1. The molecule has 0 aliphatic carbocycles. The van der Waals surface area contributed by atoms with Crippen molar-refractivity contribution in [1.82, 2.24) is 20.5 Å². The summed E-state index contributed by atoms with van der Waals surface area (Å²) in [5.74, 6) is 0.740. The number of hydrogen-bond acceptors (Lipinski definition) is 4. The van der Waals surface area contributed by atoms with E-state index in [0.29, 0.717) is 23.5 Å². The summed E-state index contributed by atoms with van der Waals surface area (Å²) in [6.45, 7) is 1.84. The molecule has 1 aromatic heterocycles. The van der Waals surface area contributed by atoms with Gasteiger partial charge in [-0.3, -0.25) is 14.7 Å². The zero-order valence-electron chi connectivity index (χ0n) is 17.6. The molecule has 7 nitrogen and oxygen atoms in total. The molecule has 0 saturated heterocycles. The number of H-pyrrole nitrogens is 1. The predicted molar refractivity (Wildman–Crippen MR) is 123 cm³/mol. The van der Waals surface area contributed by atoms with E-state index < -0.39 is 6.04 Å². The highest BCUT2D eigenvalue weighted by molar-refractivity contribution is 6.01. The van der Waals surface area contributed by atoms with Gasteiger partial charge in [0.1, 0.15) is 11.9 Å². The minimum atomic E-state index is -0.736. The first-order chi connectivity index (χ1) is 15.6. The molecule has 0 spiro atoms. The molecule has 32 heavy (non-hydrogen) atoms. The molecule has 2 amide bonds. The predicted octanol–water partition coefficient (Wildman–Crippen LogP) is 3.76. The van der Waals surface area contributed by atoms with E-state index in [1.165, 1.54) is 0 Å². The third kappa shape index (κ3) is 5.26. The number of carbonyl (C=O) groups excluding carboxylic acids is 2. The van der Waals surface area contributed by atoms with E-state index in [9.17, 15) is 9.59 Å². The first-order valence-corrected chi connectivity index (χ1v) is 10.3. The van der Waals surface area contributed by atoms with Crippen molar-refractivity contribution in [3.63, 3.8) is 0 Å². The Hall–Kier alpha value is -4.26. The third-order valence-corrected chi connectivity index (χ3v) is 4.95. The van der Waals surface area contributed by atoms with Gasteiger partial charge in [-0.15, -0.1) is 0 Å². The Morgan fingerprint density at radius 3 is 2.19 bits per heavy atom. The lowest BCUT2D eigenvalue weighted by molar-refractivity contribution is -0.118. The van der Waals surface area contributed by atoms with Crippen molar-refractivity contribution in [1.29, 1.82) is 0 Å². The lowest BCUT2D eigenvalue weighted by Gasteiger charge is -2.19. The Morgan fingerprint density at radius 1 is 0.906 bits per heavy atom. The van der Waals surface area contributed by atoms with Gasteiger partial charge in [-0.1, -0.05) is 48.5 Å². The molecule has 0 saturated carbocycles. The Labute approximate surface area is 185 Å². The Bertz CT molecular complexity index is 1190. The maximum Gasteiger partial charge on any atom is 0.251 e. The number of amides is 2. The number of nitrogens with one attached hydrogen (secondary N) is 3. The summed E-state index contributed by atoms with van der Waals surface area (Å²) in [6, 6.07) is 25.0. The zero-order valence-corrected chi connectivity index (χ0v) is 17.6. The van der Waals surface area contributed by atoms with Gasteiger partial charge in [-0.25, -0.2) is 4.98 Å². The summed E-state index contributed by atoms with van der Waals surface area (Å²) < 4.78 is 0. The van der Waals surface area contributed by atoms with Crippen LogP contribution in [0.3, 0.4) is 0 Å². The van der Waals surface area contributed by atoms with E-state index in [0.717, 1.165) is 17.0 Å². The minimum absolute atomic E-state index is 0.292. The normalized spacial score (nSPS) is 11.5. The van der Waals surface area contributed by atoms with Gasteiger partial charge in [0.25, 0.3) is 5.91 Å². The molecule has 1 heterocycles. The van der Waals surface area contributed by atoms with Crippen molar-refractivity contribution >= 4 is 17.5 Å². The maximum atomic E-state index is 13.1. The van der Waals surface area contributed by atoms with Crippen molar-refractivity contribution in [2.75, 3.05) is 5.32 Å². The Balaban J connectivity index is 1.49. The number of anilines is 1. The quantitative estimate of drug-likeness (QED) is 0.420. The van der Waals surface area contributed by atoms with Gasteiger partial charge in [-0.05, 0) is 48.9 Å². The second kappa shape index (κ2) is 9.70. The molecule has 160 valence electrons. The molecule has 4 aromatic rings. The van der Waals surface area contributed by atoms with E-state index in [1.807, 2.05) is 55.5 Å². The number of nitrogens with zero attached hydrogens (tertiary/aromatic N) is 2. The molecular formula is C25H23N5O2. The van der Waals surface area contributed by atoms with Crippen LogP contribution < -0.4 is 10.6 Å². The van der Waals surface area contributed by atoms with E-state index >= 15 is 0 Å². The van der Waals surface area contributed by atoms with Crippen LogP contribution in [0.15, 0.2) is 84.9 Å². The number of aromatic nitrogens is 3. The fourth-order valence-corrected chi connectivity index (χ4v) is 3.29. The van der Waals surface area contributed by atoms with Gasteiger partial charge in [0, 0.05) is 23.2 Å². The summed E-state index contributed by atoms with van der Waals surface area (Å²) in [7, 11) is 0. The van der Waals surface area contributed by atoms with Crippen molar-refractivity contribution in [3.05, 3.63) is 102 Å². The number of benzene rings is 3. The maximum absolute atomic E-state index is 13.1. The van der Waals surface area contributed by atoms with Crippen LogP contribution in [0.1, 0.15) is 21.7 Å². The standard InChI is InChI=1S/C25H23N5O2/c1-17-26-23(30-29-17)19-12-14-21(15-13-19)27-25(32)22(16-18-8-4-2-5-9-18)28-24(31)20-10-6-3-7-11-20/h2-15,22H,16H2,1H3,(H,27,32)(H,28,31)(H,26,29,30). The highest BCUT2D eigenvalue weighted by atomic mass is 16.2. The van der Waals surface area contributed by atoms with Gasteiger partial charge in [-0.2, -0.15) is 5.10 Å². The average Bonchev–Trinajstić information content (AvgIpc) is 3.26. The smallest absolute Gasteiger partial charge is 0.251 e. The molecule has 0 bridgehead atoms. The van der Waals surface area contributed by atoms with Crippen LogP contribution in [-0.2, 0) is 11.2 Å². The lowest BCUT2D eigenvalue weighted by Crippen LogP contribution is -2.45. The van der Waals surface area contributed by atoms with E-state index in [1.54, 1.807) is 36.4 Å². The molecule has 0 aliphatic rings. The van der Waals surface area contributed by atoms with Gasteiger partial charge in [0.2, 0.25) is 5.91 Å². The van der Waals surface area contributed by atoms with Gasteiger partial charge >= 0.3 is 0 Å². The molecule has 0 aliphatic heterocycles. The average molecular weight is 425 g/mol. The van der Waals surface area contributed by atoms with Gasteiger partial charge < -0.3 is 10.6 Å². The highest BCUT2D eigenvalue weighted by Gasteiger charge is 2.22. The summed E-state index contributed by atoms with van der Waals surface area (Å²) >= 11 is 0. The number of aromatic amines is 1. The number of rotatable bonds is 7. The first-order valence-electron chi connectivity index (χ1n) is 10.3. The summed E-state index contributed by atoms with van der Waals surface area (Å²) in [5.41, 5.74) is 2.92. The van der Waals surface area contributed by atoms with E-state index in [-0.39, 0.29) is 11.8 Å². The molecule has 1 unspecified atom stereocenters. The largest absolute Gasteiger partial charge is 0.340 e. The number of hydrogen-bond donors (Lipinski definition) is 3. The van der Waals surface area contributed by atoms with E-state index in [4.69, 9.17) is 0 Å². The van der Waals surface area contributed by atoms with Crippen LogP contribution >= 0.6 is 0 Å². The van der Waals surface area contributed by atoms with Crippen LogP contribution in [0.4, 0.5) is 5.69 Å². The fraction of sp³-hybridized carbons (Fsp3) is 0.120. The SMILES string of the molecule is Cc1nc(-c2ccc(NC(=O)C(Cc3ccccc3)NC(=O)c3ccccc3)cc2)n[nH]1. The molecule has 3 N–H and O–H groups in total. The zero-order chi connectivity index (χ0) is 22.3. The highest BCUT2D eigenvalue weighted by Crippen LogP contribution is 2.18. The summed E-state index contributed by atoms with van der Waals surface area (Å²) in [6.07, 6.45) is 0.375. The van der Waals surface area contributed by atoms with Gasteiger partial charge in [0.05, 0.1) is 0 Å². The van der Waals surface area contributed by atoms with Crippen molar-refractivity contribution in [2.24, 2.45) is 0 Å². The topological polar surface area (TPSA) is 99.8 Å². The van der Waals surface area contributed by atoms with Crippen LogP contribution in [0, 0.1) is 6.92 Å². The van der Waals surface area contributed by atoms with Crippen molar-refractivity contribution in [3.8, 4) is 11.4 Å². The molecule has 4 rings (SSSR count). The monoisotopic (exact) mass is 425 g/mol. The molecule has 7 heteroatoms. The molecule has 0 fully saturated rings. The first kappa shape index (κ1) is 21.0. The second-order valence-corrected chi connectivity index (χ2v) is 7.39. The Morgan fingerprint density at radius 2 is 1.56 bits per heavy atom. The molecule has 0 radical (unpaired) electrons. The van der Waals surface area contributed by atoms with Crippen molar-refractivity contribution in [2.45, 2.75) is 19.4 Å². The van der Waals surface area contributed by atoms with Crippen LogP contribution in [0.2, 0.25) is 0 Å². The van der Waals surface area contributed by atoms with Crippen molar-refractivity contribution < 1.29 is 9.59 Å². The second-order valence-electron chi connectivity index (χ2n) is 7.39. The molecule has 1 atom stereocenters. The molecular weight excluding hydrogens is 402 g/mol. The van der Waals surface area contributed by atoms with Crippen LogP contribution in [-0.4, -0.2) is 33.0 Å². The lowest BCUT2D eigenvalue weighted by atomic mass is 10.0. The fourth-order valence-electron chi connectivity index (χ4n) is 3.29. The summed E-state index contributed by atoms with van der Waals surface area (Å²) in [5, 5.41) is 12.7. The van der Waals surface area contributed by atoms with Crippen LogP contribution in [0.25, 0.3) is 11.4 Å². The van der Waals surface area contributed by atoms with E-state index in [2.05, 4.69) is 25.8 Å².